The second kappa shape index (κ2) is 5.64. The van der Waals surface area contributed by atoms with E-state index in [9.17, 15) is 4.79 Å². The maximum absolute atomic E-state index is 12.2. The van der Waals surface area contributed by atoms with E-state index in [0.717, 1.165) is 24.2 Å². The first kappa shape index (κ1) is 15.2. The molecule has 0 spiro atoms. The summed E-state index contributed by atoms with van der Waals surface area (Å²) < 4.78 is 5.58. The van der Waals surface area contributed by atoms with E-state index in [-0.39, 0.29) is 11.4 Å². The van der Waals surface area contributed by atoms with Crippen molar-refractivity contribution >= 4 is 11.7 Å². The number of hydrogen-bond donors (Lipinski definition) is 1. The van der Waals surface area contributed by atoms with Crippen LogP contribution in [0.4, 0.5) is 5.69 Å². The molecule has 1 N–H and O–H groups in total. The fraction of sp³-hybridized carbons (Fsp3) is 0.350. The number of likely N-dealkylation sites (N-methyl/N-ethyl adjacent to an activating group) is 1. The minimum atomic E-state index is -0.225. The van der Waals surface area contributed by atoms with Crippen molar-refractivity contribution < 1.29 is 9.53 Å². The molecule has 0 bridgehead atoms. The lowest BCUT2D eigenvalue weighted by Gasteiger charge is -2.27. The van der Waals surface area contributed by atoms with Gasteiger partial charge >= 0.3 is 5.97 Å². The number of nitrogens with zero attached hydrogens (tertiary/aromatic N) is 1. The Labute approximate surface area is 142 Å². The third kappa shape index (κ3) is 2.47. The summed E-state index contributed by atoms with van der Waals surface area (Å²) in [6.07, 6.45) is 1.72. The molecule has 24 heavy (non-hydrogen) atoms. The van der Waals surface area contributed by atoms with Crippen molar-refractivity contribution in [3.8, 4) is 5.75 Å². The summed E-state index contributed by atoms with van der Waals surface area (Å²) in [5, 5.41) is 3.59. The van der Waals surface area contributed by atoms with Crippen LogP contribution < -0.4 is 10.1 Å². The van der Waals surface area contributed by atoms with Gasteiger partial charge in [-0.05, 0) is 42.8 Å². The molecule has 0 aromatic heterocycles. The summed E-state index contributed by atoms with van der Waals surface area (Å²) in [7, 11) is 2.15. The van der Waals surface area contributed by atoms with E-state index >= 15 is 0 Å². The molecule has 2 aliphatic heterocycles. The first-order chi connectivity index (χ1) is 11.6. The molecule has 0 saturated carbocycles. The van der Waals surface area contributed by atoms with Crippen molar-refractivity contribution in [3.63, 3.8) is 0 Å². The highest BCUT2D eigenvalue weighted by molar-refractivity contribution is 5.76. The lowest BCUT2D eigenvalue weighted by Crippen LogP contribution is -2.39. The third-order valence-electron chi connectivity index (χ3n) is 5.35. The maximum Gasteiger partial charge on any atom is 0.315 e. The Morgan fingerprint density at radius 3 is 2.88 bits per heavy atom. The molecule has 4 rings (SSSR count). The molecule has 1 fully saturated rings. The molecule has 1 unspecified atom stereocenters. The van der Waals surface area contributed by atoms with E-state index in [2.05, 4.69) is 24.2 Å². The number of rotatable bonds is 3. The monoisotopic (exact) mass is 322 g/mol. The first-order valence-electron chi connectivity index (χ1n) is 8.42. The zero-order chi connectivity index (χ0) is 16.7. The minimum absolute atomic E-state index is 0.0753. The van der Waals surface area contributed by atoms with Crippen LogP contribution in [-0.2, 0) is 16.6 Å². The summed E-state index contributed by atoms with van der Waals surface area (Å²) in [4.78, 5) is 14.5. The Morgan fingerprint density at radius 1 is 1.29 bits per heavy atom. The van der Waals surface area contributed by atoms with Crippen molar-refractivity contribution in [2.24, 2.45) is 0 Å². The maximum atomic E-state index is 12.2. The number of esters is 1. The van der Waals surface area contributed by atoms with Crippen molar-refractivity contribution in [3.05, 3.63) is 59.7 Å². The Kier molecular flexibility index (Phi) is 3.57. The normalized spacial score (nSPS) is 25.0. The highest BCUT2D eigenvalue weighted by atomic mass is 16.5. The van der Waals surface area contributed by atoms with Gasteiger partial charge in [-0.2, -0.15) is 0 Å². The van der Waals surface area contributed by atoms with Gasteiger partial charge in [0.25, 0.3) is 0 Å². The van der Waals surface area contributed by atoms with E-state index in [4.69, 9.17) is 4.74 Å². The smallest absolute Gasteiger partial charge is 0.315 e. The number of nitrogens with one attached hydrogen (secondary N) is 1. The standard InChI is InChI=1S/C20H22N2O2/c1-20-10-11-22(2)19(20)21-17-9-8-15(13-16(17)20)24-18(23)12-14-6-4-3-5-7-14/h3-9,13,19,21H,10-12H2,1-2H3/t19?,20-/m0/s1. The molecular formula is C20H22N2O2. The Hall–Kier alpha value is -2.33. The van der Waals surface area contributed by atoms with Gasteiger partial charge in [0.05, 0.1) is 12.6 Å². The first-order valence-corrected chi connectivity index (χ1v) is 8.42. The van der Waals surface area contributed by atoms with Gasteiger partial charge in [-0.3, -0.25) is 9.69 Å². The van der Waals surface area contributed by atoms with E-state index in [1.54, 1.807) is 0 Å². The molecule has 0 radical (unpaired) electrons. The molecule has 2 aromatic rings. The van der Waals surface area contributed by atoms with Crippen LogP contribution in [0.3, 0.4) is 0 Å². The fourth-order valence-electron chi connectivity index (χ4n) is 3.97. The highest BCUT2D eigenvalue weighted by Crippen LogP contribution is 2.48. The molecule has 4 nitrogen and oxygen atoms in total. The van der Waals surface area contributed by atoms with Gasteiger partial charge in [0.1, 0.15) is 5.75 Å². The SMILES string of the molecule is CN1CC[C@@]2(C)c3cc(OC(=O)Cc4ccccc4)ccc3NC12. The van der Waals surface area contributed by atoms with E-state index in [0.29, 0.717) is 18.3 Å². The molecule has 4 heteroatoms. The Balaban J connectivity index is 1.53. The van der Waals surface area contributed by atoms with Gasteiger partial charge in [-0.25, -0.2) is 0 Å². The van der Waals surface area contributed by atoms with Crippen LogP contribution in [0, 0.1) is 0 Å². The van der Waals surface area contributed by atoms with Gasteiger partial charge in [0.15, 0.2) is 0 Å². The minimum Gasteiger partial charge on any atom is -0.426 e. The summed E-state index contributed by atoms with van der Waals surface area (Å²) in [6.45, 7) is 3.36. The molecule has 0 amide bonds. The average Bonchev–Trinajstić information content (AvgIpc) is 3.02. The summed E-state index contributed by atoms with van der Waals surface area (Å²) >= 11 is 0. The Bertz CT molecular complexity index is 774. The molecule has 0 aliphatic carbocycles. The highest BCUT2D eigenvalue weighted by Gasteiger charge is 2.49. The van der Waals surface area contributed by atoms with Gasteiger partial charge in [-0.15, -0.1) is 0 Å². The quantitative estimate of drug-likeness (QED) is 0.696. The number of hydrogen-bond acceptors (Lipinski definition) is 4. The average molecular weight is 322 g/mol. The van der Waals surface area contributed by atoms with Crippen molar-refractivity contribution in [1.82, 2.24) is 4.90 Å². The molecule has 1 saturated heterocycles. The third-order valence-corrected chi connectivity index (χ3v) is 5.35. The fourth-order valence-corrected chi connectivity index (χ4v) is 3.97. The second-order valence-electron chi connectivity index (χ2n) is 7.04. The molecule has 2 aliphatic rings. The van der Waals surface area contributed by atoms with Crippen LogP contribution >= 0.6 is 0 Å². The number of likely N-dealkylation sites (tertiary alicyclic amines) is 1. The molecule has 2 atom stereocenters. The van der Waals surface area contributed by atoms with Crippen molar-refractivity contribution in [2.45, 2.75) is 31.3 Å². The Morgan fingerprint density at radius 2 is 2.08 bits per heavy atom. The largest absolute Gasteiger partial charge is 0.426 e. The molecule has 124 valence electrons. The van der Waals surface area contributed by atoms with Crippen molar-refractivity contribution in [2.75, 3.05) is 18.9 Å². The van der Waals surface area contributed by atoms with Crippen LogP contribution in [0.1, 0.15) is 24.5 Å². The number of fused-ring (bicyclic) bond motifs is 3. The lowest BCUT2D eigenvalue weighted by molar-refractivity contribution is -0.133. The number of benzene rings is 2. The zero-order valence-electron chi connectivity index (χ0n) is 14.1. The summed E-state index contributed by atoms with van der Waals surface area (Å²) in [5.41, 5.74) is 3.44. The predicted molar refractivity (Wildman–Crippen MR) is 94.2 cm³/mol. The van der Waals surface area contributed by atoms with Gasteiger partial charge in [-0.1, -0.05) is 37.3 Å². The summed E-state index contributed by atoms with van der Waals surface area (Å²) in [6, 6.07) is 15.6. The summed E-state index contributed by atoms with van der Waals surface area (Å²) in [5.74, 6) is 0.408. The molecular weight excluding hydrogens is 300 g/mol. The number of ether oxygens (including phenoxy) is 1. The van der Waals surface area contributed by atoms with Crippen LogP contribution in [0.25, 0.3) is 0 Å². The van der Waals surface area contributed by atoms with Gasteiger partial charge in [0, 0.05) is 17.6 Å². The van der Waals surface area contributed by atoms with Crippen LogP contribution in [0.5, 0.6) is 5.75 Å². The number of carbonyl (C=O) groups is 1. The van der Waals surface area contributed by atoms with Crippen molar-refractivity contribution in [1.29, 1.82) is 0 Å². The topological polar surface area (TPSA) is 41.6 Å². The molecule has 2 heterocycles. The number of anilines is 1. The zero-order valence-corrected chi connectivity index (χ0v) is 14.1. The lowest BCUT2D eigenvalue weighted by atomic mass is 9.81. The van der Waals surface area contributed by atoms with Gasteiger partial charge < -0.3 is 10.1 Å². The predicted octanol–water partition coefficient (Wildman–Crippen LogP) is 3.18. The van der Waals surface area contributed by atoms with Crippen LogP contribution in [0.2, 0.25) is 0 Å². The molecule has 2 aromatic carbocycles. The van der Waals surface area contributed by atoms with Crippen LogP contribution in [-0.4, -0.2) is 30.6 Å². The van der Waals surface area contributed by atoms with E-state index in [1.807, 2.05) is 48.5 Å². The van der Waals surface area contributed by atoms with E-state index in [1.165, 1.54) is 5.56 Å². The van der Waals surface area contributed by atoms with E-state index < -0.39 is 0 Å². The van der Waals surface area contributed by atoms with Gasteiger partial charge in [0.2, 0.25) is 0 Å². The second-order valence-corrected chi connectivity index (χ2v) is 7.04. The number of carbonyl (C=O) groups excluding carboxylic acids is 1. The van der Waals surface area contributed by atoms with Crippen LogP contribution in [0.15, 0.2) is 48.5 Å².